The van der Waals surface area contributed by atoms with Gasteiger partial charge in [-0.15, -0.1) is 17.9 Å². The van der Waals surface area contributed by atoms with Gasteiger partial charge < -0.3 is 4.90 Å². The second kappa shape index (κ2) is 7.51. The third kappa shape index (κ3) is 4.56. The smallest absolute Gasteiger partial charge is 0.254 e. The van der Waals surface area contributed by atoms with Crippen molar-refractivity contribution in [2.45, 2.75) is 30.3 Å². The van der Waals surface area contributed by atoms with Crippen molar-refractivity contribution in [2.24, 2.45) is 0 Å². The monoisotopic (exact) mass is 376 g/mol. The molecule has 1 aromatic carbocycles. The second-order valence-corrected chi connectivity index (χ2v) is 8.72. The van der Waals surface area contributed by atoms with Crippen LogP contribution in [0, 0.1) is 0 Å². The molecule has 2 aromatic rings. The lowest BCUT2D eigenvalue weighted by molar-refractivity contribution is 0.0764. The first-order valence-electron chi connectivity index (χ1n) is 8.04. The first kappa shape index (κ1) is 17.8. The minimum Gasteiger partial charge on any atom is -0.330 e. The van der Waals surface area contributed by atoms with Crippen molar-refractivity contribution in [3.05, 3.63) is 64.9 Å². The summed E-state index contributed by atoms with van der Waals surface area (Å²) in [6.07, 6.45) is 3.40. The summed E-state index contributed by atoms with van der Waals surface area (Å²) in [7, 11) is -3.58. The van der Waals surface area contributed by atoms with Gasteiger partial charge in [-0.05, 0) is 42.5 Å². The maximum Gasteiger partial charge on any atom is 0.254 e. The fourth-order valence-corrected chi connectivity index (χ4v) is 4.50. The highest BCUT2D eigenvalue weighted by atomic mass is 32.2. The number of carbonyl (C=O) groups is 1. The van der Waals surface area contributed by atoms with Crippen LogP contribution in [0.25, 0.3) is 0 Å². The number of sulfonamides is 1. The number of hydrogen-bond donors (Lipinski definition) is 1. The fraction of sp³-hybridized carbons (Fsp3) is 0.278. The number of carbonyl (C=O) groups excluding carboxylic acids is 1. The third-order valence-corrected chi connectivity index (χ3v) is 6.23. The minimum atomic E-state index is -3.58. The molecule has 1 aliphatic carbocycles. The molecule has 0 saturated heterocycles. The molecular formula is C18H20N2O3S2. The maximum absolute atomic E-state index is 12.8. The maximum atomic E-state index is 12.8. The number of benzene rings is 1. The number of rotatable bonds is 8. The van der Waals surface area contributed by atoms with E-state index in [9.17, 15) is 13.2 Å². The van der Waals surface area contributed by atoms with E-state index in [4.69, 9.17) is 0 Å². The van der Waals surface area contributed by atoms with Crippen molar-refractivity contribution in [1.29, 1.82) is 0 Å². The third-order valence-electron chi connectivity index (χ3n) is 3.85. The van der Waals surface area contributed by atoms with Gasteiger partial charge in [-0.3, -0.25) is 4.79 Å². The van der Waals surface area contributed by atoms with Crippen LogP contribution >= 0.6 is 11.3 Å². The average Bonchev–Trinajstić information content (AvgIpc) is 3.24. The molecule has 0 bridgehead atoms. The molecule has 132 valence electrons. The van der Waals surface area contributed by atoms with Crippen LogP contribution in [0.3, 0.4) is 0 Å². The van der Waals surface area contributed by atoms with E-state index in [2.05, 4.69) is 11.3 Å². The highest BCUT2D eigenvalue weighted by Crippen LogP contribution is 2.23. The first-order chi connectivity index (χ1) is 12.0. The summed E-state index contributed by atoms with van der Waals surface area (Å²) < 4.78 is 27.4. The van der Waals surface area contributed by atoms with Gasteiger partial charge in [0, 0.05) is 23.0 Å². The molecule has 0 atom stereocenters. The standard InChI is InChI=1S/C18H20N2O3S2/c1-2-10-20(13-16-6-4-11-24-16)18(21)14-5-3-7-17(12-14)25(22,23)19-15-8-9-15/h2-7,11-12,15,19H,1,8-10,13H2. The summed E-state index contributed by atoms with van der Waals surface area (Å²) in [4.78, 5) is 15.7. The van der Waals surface area contributed by atoms with E-state index in [1.54, 1.807) is 34.4 Å². The molecule has 0 spiro atoms. The Morgan fingerprint density at radius 3 is 2.76 bits per heavy atom. The predicted molar refractivity (Wildman–Crippen MR) is 99.0 cm³/mol. The van der Waals surface area contributed by atoms with Gasteiger partial charge in [-0.25, -0.2) is 13.1 Å². The summed E-state index contributed by atoms with van der Waals surface area (Å²) in [6, 6.07) is 10.1. The summed E-state index contributed by atoms with van der Waals surface area (Å²) in [5, 5.41) is 1.96. The van der Waals surface area contributed by atoms with Crippen molar-refractivity contribution in [3.63, 3.8) is 0 Å². The van der Waals surface area contributed by atoms with Crippen molar-refractivity contribution < 1.29 is 13.2 Å². The summed E-state index contributed by atoms with van der Waals surface area (Å²) in [6.45, 7) is 4.57. The van der Waals surface area contributed by atoms with E-state index in [1.165, 1.54) is 12.1 Å². The number of nitrogens with zero attached hydrogens (tertiary/aromatic N) is 1. The Morgan fingerprint density at radius 1 is 1.32 bits per heavy atom. The largest absolute Gasteiger partial charge is 0.330 e. The Bertz CT molecular complexity index is 856. The van der Waals surface area contributed by atoms with Crippen LogP contribution in [0.2, 0.25) is 0 Å². The topological polar surface area (TPSA) is 66.5 Å². The molecule has 1 fully saturated rings. The van der Waals surface area contributed by atoms with Gasteiger partial charge in [0.2, 0.25) is 10.0 Å². The molecule has 7 heteroatoms. The van der Waals surface area contributed by atoms with Crippen molar-refractivity contribution in [3.8, 4) is 0 Å². The Hall–Kier alpha value is -1.96. The van der Waals surface area contributed by atoms with Gasteiger partial charge in [0.15, 0.2) is 0 Å². The lowest BCUT2D eigenvalue weighted by Gasteiger charge is -2.21. The van der Waals surface area contributed by atoms with Gasteiger partial charge in [0.05, 0.1) is 11.4 Å². The predicted octanol–water partition coefficient (Wildman–Crippen LogP) is 3.02. The number of amides is 1. The van der Waals surface area contributed by atoms with Gasteiger partial charge in [-0.1, -0.05) is 18.2 Å². The quantitative estimate of drug-likeness (QED) is 0.720. The summed E-state index contributed by atoms with van der Waals surface area (Å²) in [5.41, 5.74) is 0.358. The zero-order valence-corrected chi connectivity index (χ0v) is 15.4. The molecule has 0 aliphatic heterocycles. The van der Waals surface area contributed by atoms with Crippen molar-refractivity contribution in [1.82, 2.24) is 9.62 Å². The van der Waals surface area contributed by atoms with E-state index in [0.29, 0.717) is 18.7 Å². The van der Waals surface area contributed by atoms with Crippen LogP contribution in [0.1, 0.15) is 28.1 Å². The number of hydrogen-bond acceptors (Lipinski definition) is 4. The van der Waals surface area contributed by atoms with Crippen LogP contribution in [-0.4, -0.2) is 31.8 Å². The van der Waals surface area contributed by atoms with E-state index in [-0.39, 0.29) is 16.8 Å². The normalized spacial score (nSPS) is 14.2. The summed E-state index contributed by atoms with van der Waals surface area (Å²) in [5.74, 6) is -0.211. The highest BCUT2D eigenvalue weighted by Gasteiger charge is 2.28. The van der Waals surface area contributed by atoms with Gasteiger partial charge in [-0.2, -0.15) is 0 Å². The lowest BCUT2D eigenvalue weighted by Crippen LogP contribution is -2.31. The molecule has 0 unspecified atom stereocenters. The fourth-order valence-electron chi connectivity index (χ4n) is 2.43. The zero-order chi connectivity index (χ0) is 17.9. The van der Waals surface area contributed by atoms with Crippen LogP contribution in [-0.2, 0) is 16.6 Å². The van der Waals surface area contributed by atoms with Crippen LogP contribution < -0.4 is 4.72 Å². The molecule has 1 aliphatic rings. The molecule has 25 heavy (non-hydrogen) atoms. The van der Waals surface area contributed by atoms with E-state index < -0.39 is 10.0 Å². The zero-order valence-electron chi connectivity index (χ0n) is 13.7. The lowest BCUT2D eigenvalue weighted by atomic mass is 10.2. The van der Waals surface area contributed by atoms with E-state index >= 15 is 0 Å². The van der Waals surface area contributed by atoms with Crippen molar-refractivity contribution in [2.75, 3.05) is 6.54 Å². The van der Waals surface area contributed by atoms with Crippen LogP contribution in [0.5, 0.6) is 0 Å². The van der Waals surface area contributed by atoms with Crippen LogP contribution in [0.15, 0.2) is 59.3 Å². The molecular weight excluding hydrogens is 356 g/mol. The molecule has 0 radical (unpaired) electrons. The number of nitrogens with one attached hydrogen (secondary N) is 1. The van der Waals surface area contributed by atoms with E-state index in [0.717, 1.165) is 17.7 Å². The molecule has 1 aromatic heterocycles. The number of thiophene rings is 1. The van der Waals surface area contributed by atoms with E-state index in [1.807, 2.05) is 17.5 Å². The Morgan fingerprint density at radius 2 is 2.12 bits per heavy atom. The molecule has 1 heterocycles. The Balaban J connectivity index is 1.82. The van der Waals surface area contributed by atoms with Gasteiger partial charge in [0.25, 0.3) is 5.91 Å². The van der Waals surface area contributed by atoms with Crippen LogP contribution in [0.4, 0.5) is 0 Å². The Kier molecular flexibility index (Phi) is 5.36. The molecule has 3 rings (SSSR count). The average molecular weight is 377 g/mol. The molecule has 1 amide bonds. The molecule has 1 saturated carbocycles. The second-order valence-electron chi connectivity index (χ2n) is 5.98. The highest BCUT2D eigenvalue weighted by molar-refractivity contribution is 7.89. The first-order valence-corrected chi connectivity index (χ1v) is 10.4. The SMILES string of the molecule is C=CCN(Cc1cccs1)C(=O)c1cccc(S(=O)(=O)NC2CC2)c1. The van der Waals surface area contributed by atoms with Gasteiger partial charge in [0.1, 0.15) is 0 Å². The Labute approximate surface area is 152 Å². The van der Waals surface area contributed by atoms with Gasteiger partial charge >= 0.3 is 0 Å². The molecule has 1 N–H and O–H groups in total. The van der Waals surface area contributed by atoms with Crippen molar-refractivity contribution >= 4 is 27.3 Å². The molecule has 5 nitrogen and oxygen atoms in total. The summed E-state index contributed by atoms with van der Waals surface area (Å²) >= 11 is 1.58. The minimum absolute atomic E-state index is 0.0282.